The maximum absolute atomic E-state index is 12.6. The number of methoxy groups -OCH3 is 1. The molecule has 3 rings (SSSR count). The lowest BCUT2D eigenvalue weighted by Gasteiger charge is -2.17. The molecular formula is C19H19N3O5. The van der Waals surface area contributed by atoms with Gasteiger partial charge in [-0.15, -0.1) is 6.58 Å². The Balaban J connectivity index is 1.81. The lowest BCUT2D eigenvalue weighted by atomic mass is 10.1. The van der Waals surface area contributed by atoms with Crippen LogP contribution in [0.1, 0.15) is 29.1 Å². The van der Waals surface area contributed by atoms with E-state index in [1.54, 1.807) is 12.3 Å². The predicted molar refractivity (Wildman–Crippen MR) is 97.3 cm³/mol. The normalized spacial score (nSPS) is 10.7. The molecule has 2 heterocycles. The number of para-hydroxylation sites is 1. The highest BCUT2D eigenvalue weighted by atomic mass is 16.5. The van der Waals surface area contributed by atoms with Gasteiger partial charge in [0.1, 0.15) is 5.58 Å². The van der Waals surface area contributed by atoms with Gasteiger partial charge in [-0.2, -0.15) is 0 Å². The summed E-state index contributed by atoms with van der Waals surface area (Å²) >= 11 is 0. The summed E-state index contributed by atoms with van der Waals surface area (Å²) in [6, 6.07) is 7.62. The molecule has 140 valence electrons. The minimum atomic E-state index is -0.756. The minimum Gasteiger partial charge on any atom is -0.464 e. The van der Waals surface area contributed by atoms with Crippen LogP contribution in [0.15, 0.2) is 52.0 Å². The molecule has 0 saturated heterocycles. The maximum atomic E-state index is 12.6. The summed E-state index contributed by atoms with van der Waals surface area (Å²) in [5.74, 6) is -1.27. The SMILES string of the molecule is C=CCCC(=O)N(CCc1coc2ccccc12)c1nnc(C(=O)OC)o1. The van der Waals surface area contributed by atoms with Crippen molar-refractivity contribution in [2.24, 2.45) is 0 Å². The molecule has 2 aromatic heterocycles. The Bertz CT molecular complexity index is 959. The molecule has 0 N–H and O–H groups in total. The van der Waals surface area contributed by atoms with E-state index in [9.17, 15) is 9.59 Å². The van der Waals surface area contributed by atoms with E-state index >= 15 is 0 Å². The number of furan rings is 1. The van der Waals surface area contributed by atoms with E-state index in [1.807, 2.05) is 24.3 Å². The van der Waals surface area contributed by atoms with Crippen LogP contribution in [0, 0.1) is 0 Å². The van der Waals surface area contributed by atoms with Gasteiger partial charge in [-0.1, -0.05) is 34.5 Å². The van der Waals surface area contributed by atoms with E-state index in [2.05, 4.69) is 21.5 Å². The van der Waals surface area contributed by atoms with Crippen molar-refractivity contribution in [2.75, 3.05) is 18.6 Å². The van der Waals surface area contributed by atoms with Crippen LogP contribution >= 0.6 is 0 Å². The van der Waals surface area contributed by atoms with Crippen LogP contribution in [0.5, 0.6) is 0 Å². The molecule has 27 heavy (non-hydrogen) atoms. The van der Waals surface area contributed by atoms with Crippen LogP contribution in [-0.4, -0.2) is 35.7 Å². The first kappa shape index (κ1) is 18.4. The van der Waals surface area contributed by atoms with Gasteiger partial charge in [0, 0.05) is 18.4 Å². The number of fused-ring (bicyclic) bond motifs is 1. The summed E-state index contributed by atoms with van der Waals surface area (Å²) < 4.78 is 15.4. The number of rotatable bonds is 8. The monoisotopic (exact) mass is 369 g/mol. The Morgan fingerprint density at radius 3 is 2.89 bits per heavy atom. The van der Waals surface area contributed by atoms with E-state index in [4.69, 9.17) is 8.83 Å². The van der Waals surface area contributed by atoms with Crippen molar-refractivity contribution in [3.05, 3.63) is 54.6 Å². The smallest absolute Gasteiger partial charge is 0.396 e. The van der Waals surface area contributed by atoms with Gasteiger partial charge < -0.3 is 13.6 Å². The first-order chi connectivity index (χ1) is 13.1. The molecule has 0 unspecified atom stereocenters. The third-order valence-corrected chi connectivity index (χ3v) is 4.03. The predicted octanol–water partition coefficient (Wildman–Crippen LogP) is 3.14. The number of benzene rings is 1. The summed E-state index contributed by atoms with van der Waals surface area (Å²) in [6.45, 7) is 3.92. The molecule has 8 heteroatoms. The van der Waals surface area contributed by atoms with Gasteiger partial charge in [0.05, 0.1) is 13.4 Å². The van der Waals surface area contributed by atoms with Crippen molar-refractivity contribution in [3.63, 3.8) is 0 Å². The van der Waals surface area contributed by atoms with Gasteiger partial charge in [-0.3, -0.25) is 9.69 Å². The summed E-state index contributed by atoms with van der Waals surface area (Å²) in [5.41, 5.74) is 1.74. The molecule has 0 atom stereocenters. The van der Waals surface area contributed by atoms with Crippen molar-refractivity contribution in [1.29, 1.82) is 0 Å². The molecule has 1 amide bonds. The zero-order chi connectivity index (χ0) is 19.2. The van der Waals surface area contributed by atoms with Gasteiger partial charge in [0.25, 0.3) is 0 Å². The average molecular weight is 369 g/mol. The quantitative estimate of drug-likeness (QED) is 0.444. The molecule has 0 aliphatic heterocycles. The van der Waals surface area contributed by atoms with E-state index in [0.717, 1.165) is 16.5 Å². The number of carbonyl (C=O) groups is 2. The topological polar surface area (TPSA) is 98.7 Å². The van der Waals surface area contributed by atoms with Crippen LogP contribution < -0.4 is 4.90 Å². The Morgan fingerprint density at radius 2 is 2.11 bits per heavy atom. The second-order valence-electron chi connectivity index (χ2n) is 5.76. The van der Waals surface area contributed by atoms with Gasteiger partial charge in [0.2, 0.25) is 5.91 Å². The number of esters is 1. The number of anilines is 1. The molecule has 0 radical (unpaired) electrons. The summed E-state index contributed by atoms with van der Waals surface area (Å²) in [5, 5.41) is 8.44. The van der Waals surface area contributed by atoms with Crippen LogP contribution in [0.2, 0.25) is 0 Å². The molecule has 3 aromatic rings. The highest BCUT2D eigenvalue weighted by molar-refractivity contribution is 5.92. The standard InChI is InChI=1S/C19H19N3O5/c1-3-4-9-16(23)22(19-21-20-17(27-19)18(24)25-2)11-10-13-12-26-15-8-6-5-7-14(13)15/h3,5-8,12H,1,4,9-11H2,2H3. The fourth-order valence-corrected chi connectivity index (χ4v) is 2.64. The molecule has 0 fully saturated rings. The number of aromatic nitrogens is 2. The molecule has 0 bridgehead atoms. The first-order valence-corrected chi connectivity index (χ1v) is 8.42. The van der Waals surface area contributed by atoms with Gasteiger partial charge >= 0.3 is 17.9 Å². The Kier molecular flexibility index (Phi) is 5.65. The molecule has 0 aliphatic carbocycles. The van der Waals surface area contributed by atoms with Crippen molar-refractivity contribution < 1.29 is 23.2 Å². The number of hydrogen-bond acceptors (Lipinski definition) is 7. The van der Waals surface area contributed by atoms with Crippen LogP contribution in [0.3, 0.4) is 0 Å². The third kappa shape index (κ3) is 4.05. The molecule has 0 aliphatic rings. The lowest BCUT2D eigenvalue weighted by Crippen LogP contribution is -2.33. The molecule has 0 saturated carbocycles. The number of allylic oxidation sites excluding steroid dienone is 1. The van der Waals surface area contributed by atoms with Crippen molar-refractivity contribution in [1.82, 2.24) is 10.2 Å². The summed E-state index contributed by atoms with van der Waals surface area (Å²) in [4.78, 5) is 25.5. The van der Waals surface area contributed by atoms with Crippen LogP contribution in [-0.2, 0) is 16.0 Å². The number of ether oxygens (including phenoxy) is 1. The Morgan fingerprint density at radius 1 is 1.30 bits per heavy atom. The number of carbonyl (C=O) groups excluding carboxylic acids is 2. The van der Waals surface area contributed by atoms with Gasteiger partial charge in [0.15, 0.2) is 0 Å². The Hall–Kier alpha value is -3.42. The molecule has 1 aromatic carbocycles. The lowest BCUT2D eigenvalue weighted by molar-refractivity contribution is -0.118. The van der Waals surface area contributed by atoms with Crippen molar-refractivity contribution in [2.45, 2.75) is 19.3 Å². The summed E-state index contributed by atoms with van der Waals surface area (Å²) in [7, 11) is 1.21. The fraction of sp³-hybridized carbons (Fsp3) is 0.263. The van der Waals surface area contributed by atoms with E-state index in [1.165, 1.54) is 12.0 Å². The van der Waals surface area contributed by atoms with Crippen LogP contribution in [0.4, 0.5) is 6.01 Å². The highest BCUT2D eigenvalue weighted by Gasteiger charge is 2.24. The number of nitrogens with zero attached hydrogens (tertiary/aromatic N) is 3. The number of amides is 1. The second-order valence-corrected chi connectivity index (χ2v) is 5.76. The third-order valence-electron chi connectivity index (χ3n) is 4.03. The minimum absolute atomic E-state index is 0.0442. The highest BCUT2D eigenvalue weighted by Crippen LogP contribution is 2.22. The largest absolute Gasteiger partial charge is 0.464 e. The van der Waals surface area contributed by atoms with Gasteiger partial charge in [-0.25, -0.2) is 4.79 Å². The average Bonchev–Trinajstić information content (AvgIpc) is 3.33. The van der Waals surface area contributed by atoms with Crippen LogP contribution in [0.25, 0.3) is 11.0 Å². The molecular weight excluding hydrogens is 350 g/mol. The zero-order valence-electron chi connectivity index (χ0n) is 14.9. The second kappa shape index (κ2) is 8.31. The zero-order valence-corrected chi connectivity index (χ0v) is 14.9. The Labute approximate surface area is 155 Å². The summed E-state index contributed by atoms with van der Waals surface area (Å²) in [6.07, 6.45) is 4.61. The molecule has 8 nitrogen and oxygen atoms in total. The fourth-order valence-electron chi connectivity index (χ4n) is 2.64. The number of hydrogen-bond donors (Lipinski definition) is 0. The van der Waals surface area contributed by atoms with Crippen molar-refractivity contribution >= 4 is 28.9 Å². The van der Waals surface area contributed by atoms with Gasteiger partial charge in [-0.05, 0) is 24.5 Å². The van der Waals surface area contributed by atoms with E-state index in [-0.39, 0.29) is 24.2 Å². The van der Waals surface area contributed by atoms with E-state index < -0.39 is 5.97 Å². The van der Waals surface area contributed by atoms with E-state index in [0.29, 0.717) is 19.4 Å². The molecule has 0 spiro atoms. The van der Waals surface area contributed by atoms with Crippen molar-refractivity contribution in [3.8, 4) is 0 Å². The first-order valence-electron chi connectivity index (χ1n) is 8.42. The maximum Gasteiger partial charge on any atom is 0.396 e.